The topological polar surface area (TPSA) is 57.6 Å². The zero-order valence-electron chi connectivity index (χ0n) is 18.8. The zero-order valence-corrected chi connectivity index (χ0v) is 18.8. The van der Waals surface area contributed by atoms with Crippen molar-refractivity contribution in [3.05, 3.63) is 53.3 Å². The molecule has 1 saturated carbocycles. The summed E-state index contributed by atoms with van der Waals surface area (Å²) in [6.45, 7) is 8.73. The summed E-state index contributed by atoms with van der Waals surface area (Å²) in [7, 11) is 1.99. The summed E-state index contributed by atoms with van der Waals surface area (Å²) in [4.78, 5) is 30.0. The Balaban J connectivity index is 1.74. The molecule has 6 nitrogen and oxygen atoms in total. The molecular weight excluding hydrogens is 376 g/mol. The van der Waals surface area contributed by atoms with Gasteiger partial charge in [-0.15, -0.1) is 0 Å². The van der Waals surface area contributed by atoms with Gasteiger partial charge in [-0.05, 0) is 69.4 Å². The third-order valence-electron chi connectivity index (χ3n) is 6.23. The van der Waals surface area contributed by atoms with E-state index in [1.165, 1.54) is 0 Å². The lowest BCUT2D eigenvalue weighted by Crippen LogP contribution is -2.48. The molecule has 3 rings (SSSR count). The lowest BCUT2D eigenvalue weighted by atomic mass is 10.1. The van der Waals surface area contributed by atoms with Gasteiger partial charge in [0.15, 0.2) is 0 Å². The molecule has 1 fully saturated rings. The fourth-order valence-corrected chi connectivity index (χ4v) is 3.60. The number of carbonyl (C=O) groups excluding carboxylic acids is 2. The average Bonchev–Trinajstić information content (AvgIpc) is 3.48. The van der Waals surface area contributed by atoms with E-state index in [9.17, 15) is 9.59 Å². The molecule has 0 radical (unpaired) electrons. The molecule has 1 aromatic carbocycles. The minimum Gasteiger partial charge on any atom is -0.353 e. The van der Waals surface area contributed by atoms with Gasteiger partial charge in [0.05, 0.1) is 6.54 Å². The van der Waals surface area contributed by atoms with Gasteiger partial charge in [-0.2, -0.15) is 0 Å². The van der Waals surface area contributed by atoms with Crippen LogP contribution in [0.25, 0.3) is 0 Å². The standard InChI is InChI=1S/C24H34N4O2/c1-6-18(3)27(24(30)25-22-11-7-9-17(2)19(22)4)16-23(29)28(20-12-13-20)15-21-10-8-14-26(21)5/h7-11,14,18,20H,6,12-13,15-16H2,1-5H3,(H,25,30)/t18-/m1/s1. The van der Waals surface area contributed by atoms with E-state index in [2.05, 4.69) is 5.32 Å². The molecule has 0 aliphatic heterocycles. The molecule has 30 heavy (non-hydrogen) atoms. The van der Waals surface area contributed by atoms with Crippen molar-refractivity contribution >= 4 is 17.6 Å². The van der Waals surface area contributed by atoms with Gasteiger partial charge in [0.1, 0.15) is 6.54 Å². The number of anilines is 1. The molecule has 0 bridgehead atoms. The van der Waals surface area contributed by atoms with Crippen molar-refractivity contribution in [1.29, 1.82) is 0 Å². The summed E-state index contributed by atoms with van der Waals surface area (Å²) in [5, 5.41) is 3.02. The monoisotopic (exact) mass is 410 g/mol. The van der Waals surface area contributed by atoms with Gasteiger partial charge in [-0.25, -0.2) is 4.79 Å². The molecule has 1 atom stereocenters. The van der Waals surface area contributed by atoms with Gasteiger partial charge in [-0.1, -0.05) is 19.1 Å². The fraction of sp³-hybridized carbons (Fsp3) is 0.500. The van der Waals surface area contributed by atoms with Gasteiger partial charge in [0.25, 0.3) is 0 Å². The van der Waals surface area contributed by atoms with Crippen LogP contribution in [-0.2, 0) is 18.4 Å². The van der Waals surface area contributed by atoms with Crippen LogP contribution in [0.5, 0.6) is 0 Å². The molecule has 0 saturated heterocycles. The maximum Gasteiger partial charge on any atom is 0.322 e. The minimum absolute atomic E-state index is 0.00936. The van der Waals surface area contributed by atoms with Crippen LogP contribution in [0.4, 0.5) is 10.5 Å². The maximum absolute atomic E-state index is 13.3. The summed E-state index contributed by atoms with van der Waals surface area (Å²) in [6, 6.07) is 9.94. The van der Waals surface area contributed by atoms with Crippen molar-refractivity contribution in [1.82, 2.24) is 14.4 Å². The van der Waals surface area contributed by atoms with E-state index in [1.807, 2.05) is 80.7 Å². The highest BCUT2D eigenvalue weighted by molar-refractivity contribution is 5.93. The lowest BCUT2D eigenvalue weighted by molar-refractivity contribution is -0.133. The first-order valence-corrected chi connectivity index (χ1v) is 10.8. The first kappa shape index (κ1) is 21.9. The second-order valence-corrected chi connectivity index (χ2v) is 8.43. The number of aromatic nitrogens is 1. The number of carbonyl (C=O) groups is 2. The summed E-state index contributed by atoms with van der Waals surface area (Å²) in [5.74, 6) is 0.00936. The molecule has 1 aliphatic rings. The predicted molar refractivity (Wildman–Crippen MR) is 120 cm³/mol. The third kappa shape index (κ3) is 5.04. The molecular formula is C24H34N4O2. The second kappa shape index (κ2) is 9.37. The van der Waals surface area contributed by atoms with Crippen molar-refractivity contribution in [2.24, 2.45) is 7.05 Å². The van der Waals surface area contributed by atoms with Crippen LogP contribution in [0.2, 0.25) is 0 Å². The summed E-state index contributed by atoms with van der Waals surface area (Å²) < 4.78 is 2.04. The van der Waals surface area contributed by atoms with Gasteiger partial charge in [0.2, 0.25) is 5.91 Å². The highest BCUT2D eigenvalue weighted by atomic mass is 16.2. The minimum atomic E-state index is -0.221. The Labute approximate surface area is 179 Å². The van der Waals surface area contributed by atoms with Gasteiger partial charge in [-0.3, -0.25) is 4.79 Å². The maximum atomic E-state index is 13.3. The van der Waals surface area contributed by atoms with E-state index in [0.29, 0.717) is 6.54 Å². The van der Waals surface area contributed by atoms with E-state index < -0.39 is 0 Å². The highest BCUT2D eigenvalue weighted by Gasteiger charge is 2.35. The number of hydrogen-bond donors (Lipinski definition) is 1. The highest BCUT2D eigenvalue weighted by Crippen LogP contribution is 2.29. The summed E-state index contributed by atoms with van der Waals surface area (Å²) in [6.07, 6.45) is 4.85. The van der Waals surface area contributed by atoms with Crippen LogP contribution in [0, 0.1) is 13.8 Å². The lowest BCUT2D eigenvalue weighted by Gasteiger charge is -2.31. The SMILES string of the molecule is CC[C@@H](C)N(CC(=O)N(Cc1cccn1C)C1CC1)C(=O)Nc1cccc(C)c1C. The van der Waals surface area contributed by atoms with Crippen molar-refractivity contribution in [2.75, 3.05) is 11.9 Å². The normalized spacial score (nSPS) is 14.3. The first-order chi connectivity index (χ1) is 14.3. The Bertz CT molecular complexity index is 900. The molecule has 1 aliphatic carbocycles. The Hall–Kier alpha value is -2.76. The molecule has 1 heterocycles. The van der Waals surface area contributed by atoms with Crippen molar-refractivity contribution in [3.8, 4) is 0 Å². The molecule has 162 valence electrons. The Morgan fingerprint density at radius 1 is 1.20 bits per heavy atom. The number of nitrogens with zero attached hydrogens (tertiary/aromatic N) is 3. The summed E-state index contributed by atoms with van der Waals surface area (Å²) >= 11 is 0. The summed E-state index contributed by atoms with van der Waals surface area (Å²) in [5.41, 5.74) is 4.07. The number of aryl methyl sites for hydroxylation is 2. The van der Waals surface area contributed by atoms with E-state index >= 15 is 0 Å². The number of hydrogen-bond acceptors (Lipinski definition) is 2. The number of rotatable bonds is 8. The van der Waals surface area contributed by atoms with E-state index in [0.717, 1.165) is 41.8 Å². The van der Waals surface area contributed by atoms with Gasteiger partial charge in [0, 0.05) is 36.7 Å². The van der Waals surface area contributed by atoms with Crippen molar-refractivity contribution < 1.29 is 9.59 Å². The van der Waals surface area contributed by atoms with Crippen LogP contribution in [0.15, 0.2) is 36.5 Å². The molecule has 1 aromatic heterocycles. The Kier molecular flexibility index (Phi) is 6.85. The first-order valence-electron chi connectivity index (χ1n) is 10.8. The van der Waals surface area contributed by atoms with Crippen LogP contribution in [0.3, 0.4) is 0 Å². The largest absolute Gasteiger partial charge is 0.353 e. The van der Waals surface area contributed by atoms with E-state index in [-0.39, 0.29) is 30.6 Å². The number of urea groups is 1. The molecule has 0 spiro atoms. The van der Waals surface area contributed by atoms with Crippen LogP contribution < -0.4 is 5.32 Å². The van der Waals surface area contributed by atoms with Crippen LogP contribution in [-0.4, -0.2) is 44.9 Å². The molecule has 1 N–H and O–H groups in total. The smallest absolute Gasteiger partial charge is 0.322 e. The molecule has 0 unspecified atom stereocenters. The quantitative estimate of drug-likeness (QED) is 0.698. The number of amides is 3. The Morgan fingerprint density at radius 2 is 1.93 bits per heavy atom. The van der Waals surface area contributed by atoms with E-state index in [1.54, 1.807) is 4.90 Å². The zero-order chi connectivity index (χ0) is 21.8. The van der Waals surface area contributed by atoms with Gasteiger partial charge >= 0.3 is 6.03 Å². The van der Waals surface area contributed by atoms with Gasteiger partial charge < -0.3 is 19.7 Å². The average molecular weight is 411 g/mol. The predicted octanol–water partition coefficient (Wildman–Crippen LogP) is 4.47. The van der Waals surface area contributed by atoms with E-state index in [4.69, 9.17) is 0 Å². The number of benzene rings is 1. The van der Waals surface area contributed by atoms with Crippen LogP contribution in [0.1, 0.15) is 49.9 Å². The third-order valence-corrected chi connectivity index (χ3v) is 6.23. The van der Waals surface area contributed by atoms with Crippen LogP contribution >= 0.6 is 0 Å². The molecule has 2 aromatic rings. The second-order valence-electron chi connectivity index (χ2n) is 8.43. The fourth-order valence-electron chi connectivity index (χ4n) is 3.60. The van der Waals surface area contributed by atoms with Crippen molar-refractivity contribution in [3.63, 3.8) is 0 Å². The number of nitrogens with one attached hydrogen (secondary N) is 1. The molecule has 3 amide bonds. The van der Waals surface area contributed by atoms with Crippen molar-refractivity contribution in [2.45, 2.75) is 65.6 Å². The Morgan fingerprint density at radius 3 is 2.53 bits per heavy atom. The molecule has 6 heteroatoms.